The van der Waals surface area contributed by atoms with Crippen molar-refractivity contribution in [2.24, 2.45) is 0 Å². The van der Waals surface area contributed by atoms with Crippen molar-refractivity contribution in [2.45, 2.75) is 18.9 Å². The van der Waals surface area contributed by atoms with Crippen LogP contribution in [0.5, 0.6) is 0 Å². The molecule has 6 nitrogen and oxygen atoms in total. The number of carbonyl (C=O) groups excluding carboxylic acids is 2. The van der Waals surface area contributed by atoms with Gasteiger partial charge in [-0.2, -0.15) is 0 Å². The number of benzene rings is 2. The van der Waals surface area contributed by atoms with Gasteiger partial charge in [-0.25, -0.2) is 13.6 Å². The number of halogens is 2. The third-order valence-electron chi connectivity index (χ3n) is 4.34. The van der Waals surface area contributed by atoms with Crippen molar-refractivity contribution in [2.75, 3.05) is 21.3 Å². The Morgan fingerprint density at radius 2 is 1.59 bits per heavy atom. The molecular formula is C20H22BF2NO5. The molecule has 1 amide bonds. The van der Waals surface area contributed by atoms with Gasteiger partial charge in [-0.1, -0.05) is 30.3 Å². The molecule has 154 valence electrons. The Balaban J connectivity index is 2.09. The minimum Gasteiger partial charge on any atom is -0.467 e. The first-order valence-corrected chi connectivity index (χ1v) is 8.84. The zero-order valence-corrected chi connectivity index (χ0v) is 16.4. The van der Waals surface area contributed by atoms with Crippen LogP contribution in [0.4, 0.5) is 8.78 Å². The summed E-state index contributed by atoms with van der Waals surface area (Å²) in [6, 6.07) is 9.42. The van der Waals surface area contributed by atoms with Crippen molar-refractivity contribution in [3.8, 4) is 0 Å². The summed E-state index contributed by atoms with van der Waals surface area (Å²) in [5.41, 5.74) is 1.17. The summed E-state index contributed by atoms with van der Waals surface area (Å²) in [5, 5.41) is 2.48. The van der Waals surface area contributed by atoms with Gasteiger partial charge in [0.2, 0.25) is 5.91 Å². The highest BCUT2D eigenvalue weighted by molar-refractivity contribution is 6.61. The molecule has 0 radical (unpaired) electrons. The van der Waals surface area contributed by atoms with E-state index in [4.69, 9.17) is 14.0 Å². The van der Waals surface area contributed by atoms with E-state index in [1.165, 1.54) is 27.4 Å². The van der Waals surface area contributed by atoms with Gasteiger partial charge in [0.1, 0.15) is 17.7 Å². The maximum Gasteiger partial charge on any atom is 0.493 e. The van der Waals surface area contributed by atoms with E-state index >= 15 is 0 Å². The van der Waals surface area contributed by atoms with Crippen LogP contribution in [0.25, 0.3) is 0 Å². The van der Waals surface area contributed by atoms with Gasteiger partial charge in [-0.05, 0) is 23.2 Å². The van der Waals surface area contributed by atoms with Crippen molar-refractivity contribution < 1.29 is 32.4 Å². The maximum atomic E-state index is 13.7. The van der Waals surface area contributed by atoms with Crippen molar-refractivity contribution >= 4 is 24.5 Å². The Labute approximate surface area is 168 Å². The second-order valence-electron chi connectivity index (χ2n) is 6.27. The number of ether oxygens (including phenoxy) is 1. The molecule has 1 atom stereocenters. The van der Waals surface area contributed by atoms with Crippen LogP contribution in [0.2, 0.25) is 0 Å². The second-order valence-corrected chi connectivity index (χ2v) is 6.27. The Morgan fingerprint density at radius 1 is 1.00 bits per heavy atom. The van der Waals surface area contributed by atoms with Crippen LogP contribution in [-0.4, -0.2) is 46.4 Å². The fourth-order valence-corrected chi connectivity index (χ4v) is 2.86. The highest BCUT2D eigenvalue weighted by Crippen LogP contribution is 2.13. The molecule has 29 heavy (non-hydrogen) atoms. The summed E-state index contributed by atoms with van der Waals surface area (Å²) in [6.07, 6.45) is -0.391. The molecule has 0 aromatic heterocycles. The Kier molecular flexibility index (Phi) is 8.29. The van der Waals surface area contributed by atoms with Crippen LogP contribution in [-0.2, 0) is 36.5 Å². The molecule has 0 heterocycles. The topological polar surface area (TPSA) is 73.9 Å². The fourth-order valence-electron chi connectivity index (χ4n) is 2.86. The average Bonchev–Trinajstić information content (AvgIpc) is 2.72. The highest BCUT2D eigenvalue weighted by atomic mass is 19.1. The molecule has 0 saturated heterocycles. The molecule has 9 heteroatoms. The number of methoxy groups -OCH3 is 1. The van der Waals surface area contributed by atoms with Gasteiger partial charge in [-0.15, -0.1) is 0 Å². The maximum absolute atomic E-state index is 13.7. The molecule has 2 aromatic rings. The van der Waals surface area contributed by atoms with Crippen molar-refractivity contribution in [1.29, 1.82) is 0 Å². The predicted molar refractivity (Wildman–Crippen MR) is 104 cm³/mol. The summed E-state index contributed by atoms with van der Waals surface area (Å²) < 4.78 is 42.6. The first-order chi connectivity index (χ1) is 13.9. The van der Waals surface area contributed by atoms with Crippen LogP contribution in [0.3, 0.4) is 0 Å². The second kappa shape index (κ2) is 10.7. The minimum atomic E-state index is -1.01. The summed E-state index contributed by atoms with van der Waals surface area (Å²) in [4.78, 5) is 24.4. The number of carbonyl (C=O) groups is 2. The number of hydrogen-bond donors (Lipinski definition) is 1. The largest absolute Gasteiger partial charge is 0.493 e. The normalized spacial score (nSPS) is 11.6. The zero-order valence-electron chi connectivity index (χ0n) is 16.4. The van der Waals surface area contributed by atoms with Crippen molar-refractivity contribution in [1.82, 2.24) is 5.32 Å². The third kappa shape index (κ3) is 6.10. The molecule has 1 N–H and O–H groups in total. The van der Waals surface area contributed by atoms with Crippen LogP contribution < -0.4 is 10.8 Å². The molecule has 0 bridgehead atoms. The summed E-state index contributed by atoms with van der Waals surface area (Å²) >= 11 is 0. The highest BCUT2D eigenvalue weighted by Gasteiger charge is 2.24. The van der Waals surface area contributed by atoms with Gasteiger partial charge in [0, 0.05) is 26.2 Å². The summed E-state index contributed by atoms with van der Waals surface area (Å²) in [7, 11) is 3.71. The van der Waals surface area contributed by atoms with Gasteiger partial charge in [0.25, 0.3) is 0 Å². The van der Waals surface area contributed by atoms with Crippen molar-refractivity contribution in [3.05, 3.63) is 65.2 Å². The molecule has 0 saturated carbocycles. The quantitative estimate of drug-likeness (QED) is 0.505. The number of rotatable bonds is 9. The number of nitrogens with one attached hydrogen (secondary N) is 1. The van der Waals surface area contributed by atoms with Gasteiger partial charge in [0.15, 0.2) is 0 Å². The molecular weight excluding hydrogens is 383 g/mol. The van der Waals surface area contributed by atoms with Gasteiger partial charge >= 0.3 is 13.1 Å². The van der Waals surface area contributed by atoms with Crippen molar-refractivity contribution in [3.63, 3.8) is 0 Å². The monoisotopic (exact) mass is 405 g/mol. The van der Waals surface area contributed by atoms with E-state index in [-0.39, 0.29) is 12.0 Å². The standard InChI is InChI=1S/C20H22BF2NO5/c1-27-20(26)18(11-13-7-9-14(10-8-13)21(28-2)29-3)24-19(25)12-15-16(22)5-4-6-17(15)23/h4-10,18H,11-12H2,1-3H3,(H,24,25)/t18-/m1/s1. The molecule has 0 fully saturated rings. The lowest BCUT2D eigenvalue weighted by Crippen LogP contribution is -2.44. The van der Waals surface area contributed by atoms with E-state index in [9.17, 15) is 18.4 Å². The van der Waals surface area contributed by atoms with Crippen LogP contribution >= 0.6 is 0 Å². The molecule has 2 rings (SSSR count). The summed E-state index contributed by atoms with van der Waals surface area (Å²) in [6.45, 7) is 0. The van der Waals surface area contributed by atoms with Gasteiger partial charge < -0.3 is 19.4 Å². The van der Waals surface area contributed by atoms with E-state index in [1.807, 2.05) is 0 Å². The van der Waals surface area contributed by atoms with Crippen LogP contribution in [0, 0.1) is 11.6 Å². The first-order valence-electron chi connectivity index (χ1n) is 8.84. The van der Waals surface area contributed by atoms with E-state index in [1.54, 1.807) is 24.3 Å². The van der Waals surface area contributed by atoms with Crippen LogP contribution in [0.15, 0.2) is 42.5 Å². The predicted octanol–water partition coefficient (Wildman–Crippen LogP) is 1.40. The first kappa shape index (κ1) is 22.5. The lowest BCUT2D eigenvalue weighted by Gasteiger charge is -2.17. The smallest absolute Gasteiger partial charge is 0.467 e. The Hall–Kier alpha value is -2.78. The SMILES string of the molecule is COB(OC)c1ccc(C[C@@H](NC(=O)Cc2c(F)cccc2F)C(=O)OC)cc1. The molecule has 0 spiro atoms. The van der Waals surface area contributed by atoms with Crippen LogP contribution in [0.1, 0.15) is 11.1 Å². The van der Waals surface area contributed by atoms with E-state index in [0.29, 0.717) is 0 Å². The number of hydrogen-bond acceptors (Lipinski definition) is 5. The molecule has 0 aliphatic rings. The molecule has 0 unspecified atom stereocenters. The minimum absolute atomic E-state index is 0.142. The average molecular weight is 405 g/mol. The molecule has 0 aliphatic carbocycles. The number of esters is 1. The van der Waals surface area contributed by atoms with Gasteiger partial charge in [-0.3, -0.25) is 4.79 Å². The molecule has 2 aromatic carbocycles. The van der Waals surface area contributed by atoms with E-state index < -0.39 is 43.1 Å². The fraction of sp³-hybridized carbons (Fsp3) is 0.300. The molecule has 0 aliphatic heterocycles. The van der Waals surface area contributed by atoms with E-state index in [2.05, 4.69) is 5.32 Å². The van der Waals surface area contributed by atoms with Gasteiger partial charge in [0.05, 0.1) is 13.5 Å². The van der Waals surface area contributed by atoms with E-state index in [0.717, 1.165) is 23.2 Å². The zero-order chi connectivity index (χ0) is 21.4. The lowest BCUT2D eigenvalue weighted by atomic mass is 9.78. The Morgan fingerprint density at radius 3 is 2.10 bits per heavy atom. The Bertz CT molecular complexity index is 823. The number of amides is 1. The summed E-state index contributed by atoms with van der Waals surface area (Å²) in [5.74, 6) is -3.00. The third-order valence-corrected chi connectivity index (χ3v) is 4.34. The lowest BCUT2D eigenvalue weighted by molar-refractivity contribution is -0.145.